The normalized spacial score (nSPS) is 26.0. The van der Waals surface area contributed by atoms with E-state index in [2.05, 4.69) is 4.99 Å². The predicted molar refractivity (Wildman–Crippen MR) is 96.8 cm³/mol. The Bertz CT molecular complexity index is 850. The van der Waals surface area contributed by atoms with Crippen LogP contribution in [0.1, 0.15) is 18.4 Å². The number of amides is 1. The number of aliphatic imine (C=N–C) groups is 1. The molecular formula is C16H18N2O5S2. The number of thioether (sulfide) groups is 1. The first-order valence-electron chi connectivity index (χ1n) is 7.81. The van der Waals surface area contributed by atoms with Gasteiger partial charge in [-0.25, -0.2) is 8.42 Å². The average Bonchev–Trinajstić information content (AvgIpc) is 2.96. The zero-order valence-corrected chi connectivity index (χ0v) is 15.2. The van der Waals surface area contributed by atoms with Crippen molar-refractivity contribution in [2.75, 3.05) is 16.4 Å². The number of rotatable bonds is 4. The van der Waals surface area contributed by atoms with Crippen molar-refractivity contribution in [1.82, 2.24) is 0 Å². The standard InChI is InChI=1S/C16H18N2O5S2/c1-10-3-2-4-11(7-10)18-12-8-25(22,23)9-13(12)24-16(18)17-14(19)5-6-15(20)21/h2-4,7,12-13H,5-6,8-9H2,1H3,(H,20,21). The van der Waals surface area contributed by atoms with E-state index in [0.717, 1.165) is 11.3 Å². The van der Waals surface area contributed by atoms with Crippen LogP contribution in [0.4, 0.5) is 5.69 Å². The summed E-state index contributed by atoms with van der Waals surface area (Å²) < 4.78 is 24.0. The third-order valence-electron chi connectivity index (χ3n) is 4.12. The number of carboxylic acid groups (broad SMARTS) is 1. The summed E-state index contributed by atoms with van der Waals surface area (Å²) in [7, 11) is -3.11. The van der Waals surface area contributed by atoms with Gasteiger partial charge in [0.2, 0.25) is 5.91 Å². The lowest BCUT2D eigenvalue weighted by Gasteiger charge is -2.24. The molecule has 2 atom stereocenters. The first kappa shape index (κ1) is 17.9. The molecule has 25 heavy (non-hydrogen) atoms. The molecule has 2 aliphatic rings. The number of aryl methyl sites for hydroxylation is 1. The van der Waals surface area contributed by atoms with E-state index in [1.165, 1.54) is 11.8 Å². The molecule has 1 N–H and O–H groups in total. The first-order valence-corrected chi connectivity index (χ1v) is 10.5. The molecule has 1 aromatic carbocycles. The van der Waals surface area contributed by atoms with Gasteiger partial charge in [-0.15, -0.1) is 0 Å². The Morgan fingerprint density at radius 1 is 1.32 bits per heavy atom. The van der Waals surface area contributed by atoms with E-state index in [4.69, 9.17) is 5.11 Å². The summed E-state index contributed by atoms with van der Waals surface area (Å²) in [6.45, 7) is 1.93. The number of benzene rings is 1. The summed E-state index contributed by atoms with van der Waals surface area (Å²) >= 11 is 1.28. The lowest BCUT2D eigenvalue weighted by atomic mass is 10.1. The summed E-state index contributed by atoms with van der Waals surface area (Å²) in [5.74, 6) is -1.47. The van der Waals surface area contributed by atoms with Gasteiger partial charge in [-0.05, 0) is 24.6 Å². The molecule has 0 bridgehead atoms. The molecule has 2 saturated heterocycles. The maximum absolute atomic E-state index is 12.0. The van der Waals surface area contributed by atoms with Crippen LogP contribution in [0.3, 0.4) is 0 Å². The molecule has 2 heterocycles. The summed E-state index contributed by atoms with van der Waals surface area (Å²) in [4.78, 5) is 28.5. The van der Waals surface area contributed by atoms with Crippen LogP contribution in [0.15, 0.2) is 29.3 Å². The maximum Gasteiger partial charge on any atom is 0.303 e. The van der Waals surface area contributed by atoms with Crippen molar-refractivity contribution in [2.24, 2.45) is 4.99 Å². The number of hydrogen-bond donors (Lipinski definition) is 1. The zero-order valence-electron chi connectivity index (χ0n) is 13.6. The highest BCUT2D eigenvalue weighted by molar-refractivity contribution is 8.16. The number of nitrogens with zero attached hydrogens (tertiary/aromatic N) is 2. The zero-order chi connectivity index (χ0) is 18.2. The Kier molecular flexibility index (Phi) is 4.88. The SMILES string of the molecule is Cc1cccc(N2C(=NC(=O)CCC(=O)O)SC3CS(=O)(=O)CC32)c1. The molecule has 0 spiro atoms. The highest BCUT2D eigenvalue weighted by Gasteiger charge is 2.49. The van der Waals surface area contributed by atoms with Crippen molar-refractivity contribution < 1.29 is 23.1 Å². The second-order valence-electron chi connectivity index (χ2n) is 6.19. The van der Waals surface area contributed by atoms with E-state index in [1.807, 2.05) is 36.1 Å². The van der Waals surface area contributed by atoms with Crippen molar-refractivity contribution >= 4 is 44.3 Å². The molecule has 134 valence electrons. The molecule has 0 aliphatic carbocycles. The van der Waals surface area contributed by atoms with Gasteiger partial charge in [0, 0.05) is 17.4 Å². The Morgan fingerprint density at radius 2 is 2.08 bits per heavy atom. The first-order chi connectivity index (χ1) is 11.7. The van der Waals surface area contributed by atoms with Crippen LogP contribution < -0.4 is 4.90 Å². The summed E-state index contributed by atoms with van der Waals surface area (Å²) in [5, 5.41) is 8.97. The van der Waals surface area contributed by atoms with Crippen LogP contribution in [-0.2, 0) is 19.4 Å². The molecule has 2 fully saturated rings. The number of carbonyl (C=O) groups excluding carboxylic acids is 1. The van der Waals surface area contributed by atoms with Crippen LogP contribution in [0.5, 0.6) is 0 Å². The Morgan fingerprint density at radius 3 is 2.76 bits per heavy atom. The fourth-order valence-corrected chi connectivity index (χ4v) is 6.95. The maximum atomic E-state index is 12.0. The summed E-state index contributed by atoms with van der Waals surface area (Å²) in [6.07, 6.45) is -0.444. The number of hydrogen-bond acceptors (Lipinski definition) is 5. The van der Waals surface area contributed by atoms with E-state index in [9.17, 15) is 18.0 Å². The molecule has 0 radical (unpaired) electrons. The average molecular weight is 382 g/mol. The monoisotopic (exact) mass is 382 g/mol. The van der Waals surface area contributed by atoms with Gasteiger partial charge in [-0.1, -0.05) is 23.9 Å². The van der Waals surface area contributed by atoms with Crippen molar-refractivity contribution in [1.29, 1.82) is 0 Å². The molecule has 7 nitrogen and oxygen atoms in total. The summed E-state index contributed by atoms with van der Waals surface area (Å²) in [5.41, 5.74) is 1.81. The lowest BCUT2D eigenvalue weighted by Crippen LogP contribution is -2.37. The lowest BCUT2D eigenvalue weighted by molar-refractivity contribution is -0.138. The topological polar surface area (TPSA) is 104 Å². The van der Waals surface area contributed by atoms with E-state index in [-0.39, 0.29) is 35.6 Å². The minimum atomic E-state index is -3.11. The highest BCUT2D eigenvalue weighted by Crippen LogP contribution is 2.41. The molecular weight excluding hydrogens is 364 g/mol. The summed E-state index contributed by atoms with van der Waals surface area (Å²) in [6, 6.07) is 7.33. The number of anilines is 1. The second kappa shape index (κ2) is 6.80. The number of aliphatic carboxylic acids is 1. The number of carbonyl (C=O) groups is 2. The number of sulfone groups is 1. The third-order valence-corrected chi connectivity index (χ3v) is 7.33. The highest BCUT2D eigenvalue weighted by atomic mass is 32.2. The van der Waals surface area contributed by atoms with E-state index in [1.54, 1.807) is 0 Å². The van der Waals surface area contributed by atoms with E-state index < -0.39 is 21.7 Å². The molecule has 2 unspecified atom stereocenters. The fourth-order valence-electron chi connectivity index (χ4n) is 3.02. The molecule has 0 saturated carbocycles. The number of carboxylic acids is 1. The quantitative estimate of drug-likeness (QED) is 0.840. The Balaban J connectivity index is 1.92. The van der Waals surface area contributed by atoms with Crippen molar-refractivity contribution in [3.8, 4) is 0 Å². The minimum absolute atomic E-state index is 0.0287. The molecule has 0 aromatic heterocycles. The smallest absolute Gasteiger partial charge is 0.303 e. The molecule has 3 rings (SSSR count). The number of amidine groups is 1. The number of fused-ring (bicyclic) bond motifs is 1. The van der Waals surface area contributed by atoms with Crippen molar-refractivity contribution in [3.63, 3.8) is 0 Å². The van der Waals surface area contributed by atoms with Crippen molar-refractivity contribution in [2.45, 2.75) is 31.1 Å². The van der Waals surface area contributed by atoms with Gasteiger partial charge in [0.25, 0.3) is 0 Å². The second-order valence-corrected chi connectivity index (χ2v) is 9.55. The Hall–Kier alpha value is -1.87. The van der Waals surface area contributed by atoms with Gasteiger partial charge in [0.05, 0.1) is 24.0 Å². The fraction of sp³-hybridized carbons (Fsp3) is 0.438. The predicted octanol–water partition coefficient (Wildman–Crippen LogP) is 1.46. The molecule has 9 heteroatoms. The van der Waals surface area contributed by atoms with Crippen LogP contribution in [0.2, 0.25) is 0 Å². The van der Waals surface area contributed by atoms with Gasteiger partial charge >= 0.3 is 5.97 Å². The third kappa shape index (κ3) is 4.04. The van der Waals surface area contributed by atoms with E-state index in [0.29, 0.717) is 5.17 Å². The van der Waals surface area contributed by atoms with Gasteiger partial charge in [-0.2, -0.15) is 4.99 Å². The molecule has 2 aliphatic heterocycles. The van der Waals surface area contributed by atoms with Gasteiger partial charge in [-0.3, -0.25) is 9.59 Å². The van der Waals surface area contributed by atoms with Crippen molar-refractivity contribution in [3.05, 3.63) is 29.8 Å². The minimum Gasteiger partial charge on any atom is -0.481 e. The van der Waals surface area contributed by atoms with Gasteiger partial charge in [0.15, 0.2) is 15.0 Å². The van der Waals surface area contributed by atoms with Crippen LogP contribution in [0, 0.1) is 6.92 Å². The molecule has 1 amide bonds. The van der Waals surface area contributed by atoms with E-state index >= 15 is 0 Å². The van der Waals surface area contributed by atoms with Crippen LogP contribution in [0.25, 0.3) is 0 Å². The van der Waals surface area contributed by atoms with Gasteiger partial charge < -0.3 is 10.0 Å². The Labute approximate surface area is 150 Å². The largest absolute Gasteiger partial charge is 0.481 e. The molecule has 1 aromatic rings. The van der Waals surface area contributed by atoms with Crippen LogP contribution >= 0.6 is 11.8 Å². The van der Waals surface area contributed by atoms with Gasteiger partial charge in [0.1, 0.15) is 0 Å². The van der Waals surface area contributed by atoms with Crippen LogP contribution in [-0.4, -0.2) is 53.4 Å².